The summed E-state index contributed by atoms with van der Waals surface area (Å²) < 4.78 is 36.9. The Hall–Kier alpha value is -3.03. The number of nitrogens with one attached hydrogen (secondary N) is 1. The first-order valence-corrected chi connectivity index (χ1v) is 11.5. The molecule has 0 saturated heterocycles. The van der Waals surface area contributed by atoms with Crippen LogP contribution in [0.4, 0.5) is 8.78 Å². The molecule has 1 aliphatic carbocycles. The molecule has 34 heavy (non-hydrogen) atoms. The summed E-state index contributed by atoms with van der Waals surface area (Å²) in [6.07, 6.45) is 4.67. The number of rotatable bonds is 6. The van der Waals surface area contributed by atoms with Gasteiger partial charge in [0.1, 0.15) is 11.6 Å². The predicted molar refractivity (Wildman–Crippen MR) is 127 cm³/mol. The average molecular weight is 467 g/mol. The number of hydrogen-bond acceptors (Lipinski definition) is 3. The number of nitrogens with zero attached hydrogens (tertiary/aromatic N) is 1. The van der Waals surface area contributed by atoms with E-state index in [4.69, 9.17) is 9.84 Å². The Balaban J connectivity index is 1.68. The van der Waals surface area contributed by atoms with Crippen molar-refractivity contribution in [3.05, 3.63) is 76.0 Å². The van der Waals surface area contributed by atoms with Crippen molar-refractivity contribution in [1.82, 2.24) is 9.88 Å². The number of aryl methyl sites for hydroxylation is 1. The molecule has 5 rings (SSSR count). The van der Waals surface area contributed by atoms with Gasteiger partial charge in [0, 0.05) is 47.9 Å². The highest BCUT2D eigenvalue weighted by atomic mass is 19.1. The number of methoxy groups -OCH3 is 1. The zero-order chi connectivity index (χ0) is 24.2. The molecule has 1 aromatic heterocycles. The fourth-order valence-electron chi connectivity index (χ4n) is 5.26. The molecule has 1 fully saturated rings. The van der Waals surface area contributed by atoms with Crippen molar-refractivity contribution in [3.63, 3.8) is 0 Å². The minimum absolute atomic E-state index is 0.0320. The summed E-state index contributed by atoms with van der Waals surface area (Å²) in [5, 5.41) is 9.95. The molecule has 7 heteroatoms. The van der Waals surface area contributed by atoms with Crippen LogP contribution in [0.1, 0.15) is 53.8 Å². The Labute approximate surface area is 197 Å². The van der Waals surface area contributed by atoms with Crippen molar-refractivity contribution in [1.29, 1.82) is 0 Å². The zero-order valence-electron chi connectivity index (χ0n) is 19.5. The third kappa shape index (κ3) is 3.93. The number of benzene rings is 2. The monoisotopic (exact) mass is 466 g/mol. The molecule has 2 N–H and O–H groups in total. The Morgan fingerprint density at radius 1 is 1.26 bits per heavy atom. The molecule has 2 unspecified atom stereocenters. The normalized spacial score (nSPS) is 21.8. The average Bonchev–Trinajstić information content (AvgIpc) is 3.47. The predicted octanol–water partition coefficient (Wildman–Crippen LogP) is 5.37. The van der Waals surface area contributed by atoms with Crippen molar-refractivity contribution in [3.8, 4) is 0 Å². The highest BCUT2D eigenvalue weighted by molar-refractivity contribution is 5.86. The van der Waals surface area contributed by atoms with Crippen LogP contribution in [0.3, 0.4) is 0 Å². The summed E-state index contributed by atoms with van der Waals surface area (Å²) in [7, 11) is 1.69. The van der Waals surface area contributed by atoms with Crippen LogP contribution >= 0.6 is 0 Å². The third-order valence-electron chi connectivity index (χ3n) is 7.27. The van der Waals surface area contributed by atoms with E-state index in [1.807, 2.05) is 6.92 Å². The van der Waals surface area contributed by atoms with Crippen molar-refractivity contribution < 1.29 is 23.4 Å². The SMILES string of the molecule is COC1(CN2C(C)Cc3c([nH]c4cc(C)ccc34)C2c2c(F)cc(/C=C/C(=O)O)cc2F)CC1. The van der Waals surface area contributed by atoms with Crippen LogP contribution in [-0.2, 0) is 16.0 Å². The molecule has 2 aliphatic rings. The minimum Gasteiger partial charge on any atom is -0.478 e. The summed E-state index contributed by atoms with van der Waals surface area (Å²) >= 11 is 0. The number of ether oxygens (including phenoxy) is 1. The second kappa shape index (κ2) is 8.32. The van der Waals surface area contributed by atoms with Crippen molar-refractivity contribution in [2.75, 3.05) is 13.7 Å². The maximum absolute atomic E-state index is 15.6. The van der Waals surface area contributed by atoms with E-state index in [-0.39, 0.29) is 22.8 Å². The van der Waals surface area contributed by atoms with Crippen LogP contribution < -0.4 is 0 Å². The number of aliphatic carboxylic acids is 1. The van der Waals surface area contributed by atoms with Gasteiger partial charge in [-0.15, -0.1) is 0 Å². The van der Waals surface area contributed by atoms with E-state index in [1.54, 1.807) is 7.11 Å². The molecule has 2 atom stereocenters. The number of halogens is 2. The summed E-state index contributed by atoms with van der Waals surface area (Å²) in [6, 6.07) is 7.97. The molecule has 1 aliphatic heterocycles. The van der Waals surface area contributed by atoms with E-state index < -0.39 is 23.6 Å². The fourth-order valence-corrected chi connectivity index (χ4v) is 5.26. The van der Waals surface area contributed by atoms with Crippen molar-refractivity contribution in [2.45, 2.75) is 50.8 Å². The lowest BCUT2D eigenvalue weighted by molar-refractivity contribution is -0.131. The van der Waals surface area contributed by atoms with Crippen molar-refractivity contribution in [2.24, 2.45) is 0 Å². The molecule has 0 spiro atoms. The van der Waals surface area contributed by atoms with Gasteiger partial charge >= 0.3 is 5.97 Å². The number of aromatic amines is 1. The molecular formula is C27H28F2N2O3. The van der Waals surface area contributed by atoms with Gasteiger partial charge in [-0.25, -0.2) is 13.6 Å². The van der Waals surface area contributed by atoms with Gasteiger partial charge in [-0.05, 0) is 74.1 Å². The lowest BCUT2D eigenvalue weighted by atomic mass is 9.87. The summed E-state index contributed by atoms with van der Waals surface area (Å²) in [5.41, 5.74) is 3.80. The Morgan fingerprint density at radius 3 is 2.59 bits per heavy atom. The van der Waals surface area contributed by atoms with E-state index in [1.165, 1.54) is 18.2 Å². The molecular weight excluding hydrogens is 438 g/mol. The van der Waals surface area contributed by atoms with Crippen LogP contribution in [0.2, 0.25) is 0 Å². The highest BCUT2D eigenvalue weighted by Crippen LogP contribution is 2.47. The standard InChI is InChI=1S/C27H28F2N2O3/c1-15-4-6-18-19-11-16(2)31(14-27(34-3)8-9-27)26(25(19)30-22(18)10-15)24-20(28)12-17(13-21(24)29)5-7-23(32)33/h4-7,10,12-13,16,26,30H,8-9,11,14H2,1-3H3,(H,32,33)/b7-5+. The van der Waals surface area contributed by atoms with Gasteiger partial charge in [-0.3, -0.25) is 4.90 Å². The van der Waals surface area contributed by atoms with Gasteiger partial charge in [0.2, 0.25) is 0 Å². The quantitative estimate of drug-likeness (QED) is 0.480. The molecule has 2 heterocycles. The van der Waals surface area contributed by atoms with Crippen LogP contribution in [0.15, 0.2) is 36.4 Å². The number of carboxylic acids is 1. The van der Waals surface area contributed by atoms with Crippen LogP contribution in [-0.4, -0.2) is 46.3 Å². The number of carbonyl (C=O) groups is 1. The maximum atomic E-state index is 15.6. The minimum atomic E-state index is -1.18. The number of H-pyrrole nitrogens is 1. The molecule has 0 bridgehead atoms. The third-order valence-corrected chi connectivity index (χ3v) is 7.27. The van der Waals surface area contributed by atoms with Crippen molar-refractivity contribution >= 4 is 22.9 Å². The lowest BCUT2D eigenvalue weighted by Crippen LogP contribution is -2.47. The number of carboxylic acid groups (broad SMARTS) is 1. The second-order valence-electron chi connectivity index (χ2n) is 9.65. The highest BCUT2D eigenvalue weighted by Gasteiger charge is 2.49. The van der Waals surface area contributed by atoms with Crippen LogP contribution in [0.5, 0.6) is 0 Å². The van der Waals surface area contributed by atoms with Crippen LogP contribution in [0, 0.1) is 18.6 Å². The Kier molecular flexibility index (Phi) is 5.57. The number of hydrogen-bond donors (Lipinski definition) is 2. The molecule has 3 aromatic rings. The fraction of sp³-hybridized carbons (Fsp3) is 0.370. The topological polar surface area (TPSA) is 65.6 Å². The maximum Gasteiger partial charge on any atom is 0.328 e. The summed E-state index contributed by atoms with van der Waals surface area (Å²) in [5.74, 6) is -2.57. The second-order valence-corrected chi connectivity index (χ2v) is 9.65. The first kappa shape index (κ1) is 22.7. The first-order valence-electron chi connectivity index (χ1n) is 11.5. The molecule has 0 radical (unpaired) electrons. The van der Waals surface area contributed by atoms with Gasteiger partial charge < -0.3 is 14.8 Å². The van der Waals surface area contributed by atoms with E-state index in [2.05, 4.69) is 35.0 Å². The smallest absolute Gasteiger partial charge is 0.328 e. The number of aromatic nitrogens is 1. The molecule has 1 saturated carbocycles. The van der Waals surface area contributed by atoms with E-state index >= 15 is 8.78 Å². The van der Waals surface area contributed by atoms with E-state index in [0.717, 1.165) is 53.1 Å². The zero-order valence-corrected chi connectivity index (χ0v) is 19.5. The summed E-state index contributed by atoms with van der Waals surface area (Å²) in [4.78, 5) is 16.5. The van der Waals surface area contributed by atoms with Crippen LogP contribution in [0.25, 0.3) is 17.0 Å². The molecule has 2 aromatic carbocycles. The molecule has 0 amide bonds. The summed E-state index contributed by atoms with van der Waals surface area (Å²) in [6.45, 7) is 4.68. The Bertz CT molecular complexity index is 1290. The van der Waals surface area contributed by atoms with Gasteiger partial charge in [0.15, 0.2) is 0 Å². The van der Waals surface area contributed by atoms with Gasteiger partial charge in [0.05, 0.1) is 11.6 Å². The lowest BCUT2D eigenvalue weighted by Gasteiger charge is -2.42. The van der Waals surface area contributed by atoms with Gasteiger partial charge in [-0.2, -0.15) is 0 Å². The van der Waals surface area contributed by atoms with E-state index in [0.29, 0.717) is 6.54 Å². The first-order chi connectivity index (χ1) is 16.2. The molecule has 178 valence electrons. The largest absolute Gasteiger partial charge is 0.478 e. The Morgan fingerprint density at radius 2 is 1.97 bits per heavy atom. The molecule has 5 nitrogen and oxygen atoms in total. The van der Waals surface area contributed by atoms with Gasteiger partial charge in [0.25, 0.3) is 0 Å². The van der Waals surface area contributed by atoms with E-state index in [9.17, 15) is 4.79 Å². The number of fused-ring (bicyclic) bond motifs is 3. The van der Waals surface area contributed by atoms with Gasteiger partial charge in [-0.1, -0.05) is 12.1 Å².